The maximum atomic E-state index is 10.7. The van der Waals surface area contributed by atoms with Crippen LogP contribution in [0, 0.1) is 11.8 Å². The minimum atomic E-state index is -1.20. The number of hydrogen-bond donors (Lipinski definition) is 2. The summed E-state index contributed by atoms with van der Waals surface area (Å²) in [7, 11) is 1.20. The Balaban J connectivity index is 3.07. The number of ether oxygens (including phenoxy) is 1. The fourth-order valence-electron chi connectivity index (χ4n) is 0.889. The van der Waals surface area contributed by atoms with E-state index in [1.54, 1.807) is 0 Å². The van der Waals surface area contributed by atoms with Crippen molar-refractivity contribution in [2.24, 2.45) is 0 Å². The molecule has 1 heterocycles. The number of aromatic carboxylic acids is 1. The zero-order valence-electron chi connectivity index (χ0n) is 8.35. The van der Waals surface area contributed by atoms with Gasteiger partial charge in [0.25, 0.3) is 0 Å². The second-order valence-corrected chi connectivity index (χ2v) is 2.70. The highest BCUT2D eigenvalue weighted by molar-refractivity contribution is 5.93. The number of carboxylic acid groups (broad SMARTS) is 1. The Hall–Kier alpha value is -2.55. The number of carboxylic acids is 1. The number of esters is 1. The van der Waals surface area contributed by atoms with Gasteiger partial charge in [0.15, 0.2) is 0 Å². The molecule has 0 bridgehead atoms. The quantitative estimate of drug-likeness (QED) is 0.505. The maximum absolute atomic E-state index is 10.7. The molecule has 0 radical (unpaired) electrons. The molecule has 6 heteroatoms. The molecule has 1 rings (SSSR count). The first-order valence-electron chi connectivity index (χ1n) is 4.13. The van der Waals surface area contributed by atoms with E-state index < -0.39 is 11.9 Å². The molecule has 0 unspecified atom stereocenters. The molecule has 82 valence electrons. The largest absolute Gasteiger partial charge is 0.478 e. The summed E-state index contributed by atoms with van der Waals surface area (Å²) in [6.07, 6.45) is 1.28. The maximum Gasteiger partial charge on any atom is 0.384 e. The van der Waals surface area contributed by atoms with Gasteiger partial charge in [-0.2, -0.15) is 0 Å². The number of aromatic nitrogens is 1. The summed E-state index contributed by atoms with van der Waals surface area (Å²) in [5.41, 5.74) is 5.46. The summed E-state index contributed by atoms with van der Waals surface area (Å²) < 4.78 is 4.30. The van der Waals surface area contributed by atoms with E-state index >= 15 is 0 Å². The predicted molar refractivity (Wildman–Crippen MR) is 54.5 cm³/mol. The molecule has 0 fully saturated rings. The molecule has 0 aromatic carbocycles. The summed E-state index contributed by atoms with van der Waals surface area (Å²) in [6, 6.07) is 1.24. The smallest absolute Gasteiger partial charge is 0.384 e. The second-order valence-electron chi connectivity index (χ2n) is 2.70. The van der Waals surface area contributed by atoms with Crippen molar-refractivity contribution < 1.29 is 19.4 Å². The summed E-state index contributed by atoms with van der Waals surface area (Å²) in [4.78, 5) is 25.1. The monoisotopic (exact) mass is 220 g/mol. The SMILES string of the molecule is COC(=O)C#Cc1cnc(N)c(C(=O)O)c1. The number of nitrogens with zero attached hydrogens (tertiary/aromatic N) is 1. The highest BCUT2D eigenvalue weighted by Crippen LogP contribution is 2.09. The Morgan fingerprint density at radius 1 is 1.56 bits per heavy atom. The zero-order valence-corrected chi connectivity index (χ0v) is 8.35. The first-order chi connectivity index (χ1) is 7.54. The number of rotatable bonds is 1. The molecular formula is C10H8N2O4. The van der Waals surface area contributed by atoms with E-state index in [-0.39, 0.29) is 16.9 Å². The lowest BCUT2D eigenvalue weighted by atomic mass is 10.2. The zero-order chi connectivity index (χ0) is 12.1. The van der Waals surface area contributed by atoms with Crippen LogP contribution in [0.5, 0.6) is 0 Å². The third-order valence-electron chi connectivity index (χ3n) is 1.64. The van der Waals surface area contributed by atoms with Crippen LogP contribution in [0.15, 0.2) is 12.3 Å². The van der Waals surface area contributed by atoms with E-state index in [9.17, 15) is 9.59 Å². The van der Waals surface area contributed by atoms with Gasteiger partial charge in [-0.1, -0.05) is 5.92 Å². The number of nitrogen functional groups attached to an aromatic ring is 1. The lowest BCUT2D eigenvalue weighted by Gasteiger charge is -1.98. The van der Waals surface area contributed by atoms with E-state index in [1.807, 2.05) is 0 Å². The van der Waals surface area contributed by atoms with Crippen LogP contribution in [0.3, 0.4) is 0 Å². The second kappa shape index (κ2) is 4.79. The van der Waals surface area contributed by atoms with Crippen molar-refractivity contribution in [3.63, 3.8) is 0 Å². The minimum Gasteiger partial charge on any atom is -0.478 e. The third-order valence-corrected chi connectivity index (χ3v) is 1.64. The number of nitrogens with two attached hydrogens (primary N) is 1. The lowest BCUT2D eigenvalue weighted by molar-refractivity contribution is -0.133. The Labute approximate surface area is 91.0 Å². The number of carbonyl (C=O) groups is 2. The van der Waals surface area contributed by atoms with Crippen molar-refractivity contribution in [3.8, 4) is 11.8 Å². The van der Waals surface area contributed by atoms with Crippen molar-refractivity contribution in [2.75, 3.05) is 12.8 Å². The van der Waals surface area contributed by atoms with E-state index in [0.717, 1.165) is 0 Å². The fourth-order valence-corrected chi connectivity index (χ4v) is 0.889. The molecule has 0 aliphatic rings. The molecule has 0 saturated heterocycles. The van der Waals surface area contributed by atoms with Gasteiger partial charge >= 0.3 is 11.9 Å². The average Bonchev–Trinajstić information content (AvgIpc) is 2.27. The fraction of sp³-hybridized carbons (Fsp3) is 0.100. The van der Waals surface area contributed by atoms with Crippen LogP contribution >= 0.6 is 0 Å². The Kier molecular flexibility index (Phi) is 3.45. The number of methoxy groups -OCH3 is 1. The topological polar surface area (TPSA) is 103 Å². The van der Waals surface area contributed by atoms with E-state index in [2.05, 4.69) is 21.6 Å². The van der Waals surface area contributed by atoms with Gasteiger partial charge in [-0.3, -0.25) is 0 Å². The average molecular weight is 220 g/mol. The lowest BCUT2D eigenvalue weighted by Crippen LogP contribution is -2.05. The van der Waals surface area contributed by atoms with E-state index in [0.29, 0.717) is 0 Å². The molecule has 3 N–H and O–H groups in total. The number of pyridine rings is 1. The van der Waals surface area contributed by atoms with Crippen molar-refractivity contribution in [1.29, 1.82) is 0 Å². The molecule has 0 saturated carbocycles. The van der Waals surface area contributed by atoms with Crippen LogP contribution in [0.25, 0.3) is 0 Å². The Morgan fingerprint density at radius 2 is 2.25 bits per heavy atom. The third kappa shape index (κ3) is 2.72. The molecule has 0 atom stereocenters. The summed E-state index contributed by atoms with van der Waals surface area (Å²) >= 11 is 0. The first-order valence-corrected chi connectivity index (χ1v) is 4.13. The van der Waals surface area contributed by atoms with Gasteiger partial charge in [-0.25, -0.2) is 14.6 Å². The molecule has 0 aliphatic heterocycles. The van der Waals surface area contributed by atoms with Crippen LogP contribution in [0.2, 0.25) is 0 Å². The van der Waals surface area contributed by atoms with E-state index in [4.69, 9.17) is 10.8 Å². The van der Waals surface area contributed by atoms with Crippen LogP contribution in [0.4, 0.5) is 5.82 Å². The molecule has 16 heavy (non-hydrogen) atoms. The molecule has 0 amide bonds. The molecule has 1 aromatic rings. The van der Waals surface area contributed by atoms with Gasteiger partial charge in [0.2, 0.25) is 0 Å². The van der Waals surface area contributed by atoms with Crippen LogP contribution < -0.4 is 5.73 Å². The van der Waals surface area contributed by atoms with Gasteiger partial charge in [-0.15, -0.1) is 0 Å². The molecule has 0 aliphatic carbocycles. The molecular weight excluding hydrogens is 212 g/mol. The normalized spacial score (nSPS) is 8.81. The summed E-state index contributed by atoms with van der Waals surface area (Å²) in [6.45, 7) is 0. The molecule has 0 spiro atoms. The van der Waals surface area contributed by atoms with Crippen molar-refractivity contribution in [1.82, 2.24) is 4.98 Å². The summed E-state index contributed by atoms with van der Waals surface area (Å²) in [5.74, 6) is 2.54. The van der Waals surface area contributed by atoms with Crippen molar-refractivity contribution >= 4 is 17.8 Å². The highest BCUT2D eigenvalue weighted by Gasteiger charge is 2.08. The Bertz CT molecular complexity index is 499. The van der Waals surface area contributed by atoms with Crippen molar-refractivity contribution in [3.05, 3.63) is 23.4 Å². The number of anilines is 1. The molecule has 6 nitrogen and oxygen atoms in total. The van der Waals surface area contributed by atoms with Crippen LogP contribution in [-0.2, 0) is 9.53 Å². The Morgan fingerprint density at radius 3 is 2.81 bits per heavy atom. The van der Waals surface area contributed by atoms with Gasteiger partial charge in [0, 0.05) is 17.7 Å². The predicted octanol–water partition coefficient (Wildman–Crippen LogP) is -0.114. The standard InChI is InChI=1S/C10H8N2O4/c1-16-8(13)3-2-6-4-7(10(14)15)9(11)12-5-6/h4-5H,1H3,(H2,11,12)(H,14,15). The number of hydrogen-bond acceptors (Lipinski definition) is 5. The summed E-state index contributed by atoms with van der Waals surface area (Å²) in [5, 5.41) is 8.75. The van der Waals surface area contributed by atoms with Crippen LogP contribution in [0.1, 0.15) is 15.9 Å². The first kappa shape index (κ1) is 11.5. The van der Waals surface area contributed by atoms with Crippen LogP contribution in [-0.4, -0.2) is 29.1 Å². The van der Waals surface area contributed by atoms with Crippen molar-refractivity contribution in [2.45, 2.75) is 0 Å². The molecule has 1 aromatic heterocycles. The van der Waals surface area contributed by atoms with E-state index in [1.165, 1.54) is 19.4 Å². The van der Waals surface area contributed by atoms with Gasteiger partial charge in [-0.05, 0) is 6.07 Å². The number of carbonyl (C=O) groups excluding carboxylic acids is 1. The van der Waals surface area contributed by atoms with Gasteiger partial charge in [0.1, 0.15) is 11.4 Å². The van der Waals surface area contributed by atoms with Gasteiger partial charge in [0.05, 0.1) is 7.11 Å². The highest BCUT2D eigenvalue weighted by atomic mass is 16.5. The van der Waals surface area contributed by atoms with Gasteiger partial charge < -0.3 is 15.6 Å². The minimum absolute atomic E-state index is 0.101.